The third kappa shape index (κ3) is 6.68. The van der Waals surface area contributed by atoms with Crippen LogP contribution in [0.4, 0.5) is 0 Å². The number of benzene rings is 3. The number of likely N-dealkylation sites (N-methyl/N-ethyl adjacent to an activating group) is 1. The number of carboxylic acids is 1. The van der Waals surface area contributed by atoms with Gasteiger partial charge in [-0.05, 0) is 59.9 Å². The number of methoxy groups -OCH3 is 1. The minimum atomic E-state index is -1.24. The van der Waals surface area contributed by atoms with E-state index in [-0.39, 0.29) is 25.3 Å². The van der Waals surface area contributed by atoms with E-state index in [0.717, 1.165) is 27.7 Å². The van der Waals surface area contributed by atoms with Crippen molar-refractivity contribution >= 4 is 40.4 Å². The largest absolute Gasteiger partial charge is 0.497 e. The lowest BCUT2D eigenvalue weighted by Gasteiger charge is -2.39. The lowest BCUT2D eigenvalue weighted by Crippen LogP contribution is -2.64. The summed E-state index contributed by atoms with van der Waals surface area (Å²) in [7, 11) is 3.05. The molecule has 1 saturated carbocycles. The molecule has 0 saturated heterocycles. The van der Waals surface area contributed by atoms with Crippen LogP contribution < -0.4 is 20.7 Å². The van der Waals surface area contributed by atoms with Gasteiger partial charge in [-0.2, -0.15) is 0 Å². The first-order chi connectivity index (χ1) is 21.7. The van der Waals surface area contributed by atoms with Crippen molar-refractivity contribution < 1.29 is 33.8 Å². The van der Waals surface area contributed by atoms with Crippen molar-refractivity contribution in [1.29, 1.82) is 0 Å². The molecule has 2 atom stereocenters. The summed E-state index contributed by atoms with van der Waals surface area (Å²) in [6, 6.07) is 15.9. The van der Waals surface area contributed by atoms with Gasteiger partial charge in [0.05, 0.1) is 23.8 Å². The molecular weight excluding hydrogens is 576 g/mol. The second-order valence-electron chi connectivity index (χ2n) is 11.7. The normalized spacial score (nSPS) is 17.0. The zero-order valence-electron chi connectivity index (χ0n) is 25.4. The van der Waals surface area contributed by atoms with E-state index in [1.54, 1.807) is 31.4 Å². The summed E-state index contributed by atoms with van der Waals surface area (Å²) in [5.41, 5.74) is 0.151. The predicted molar refractivity (Wildman–Crippen MR) is 167 cm³/mol. The molecule has 236 valence electrons. The first kappa shape index (κ1) is 31.6. The molecule has 11 nitrogen and oxygen atoms in total. The Morgan fingerprint density at radius 1 is 0.911 bits per heavy atom. The number of carbonyl (C=O) groups is 5. The Labute approximate surface area is 261 Å². The van der Waals surface area contributed by atoms with Gasteiger partial charge in [-0.15, -0.1) is 0 Å². The number of carboxylic acid groups (broad SMARTS) is 1. The minimum Gasteiger partial charge on any atom is -0.497 e. The maximum atomic E-state index is 13.9. The molecule has 1 heterocycles. The summed E-state index contributed by atoms with van der Waals surface area (Å²) >= 11 is 0. The summed E-state index contributed by atoms with van der Waals surface area (Å²) in [5.74, 6) is -2.31. The predicted octanol–water partition coefficient (Wildman–Crippen LogP) is 3.05. The zero-order valence-corrected chi connectivity index (χ0v) is 25.4. The number of ether oxygens (including phenoxy) is 1. The summed E-state index contributed by atoms with van der Waals surface area (Å²) < 4.78 is 5.21. The van der Waals surface area contributed by atoms with Crippen molar-refractivity contribution in [3.05, 3.63) is 77.4 Å². The molecule has 11 heteroatoms. The molecule has 45 heavy (non-hydrogen) atoms. The van der Waals surface area contributed by atoms with Gasteiger partial charge in [0, 0.05) is 20.0 Å². The van der Waals surface area contributed by atoms with Gasteiger partial charge in [-0.25, -0.2) is 0 Å². The SMILES string of the molecule is CNC(=O)C(Cc1ccc(OC)cc1)NC(=O)C1(NC(CCN2C(=O)c3cc4ccccc4cc3C2=O)C(=O)O)CCCCC1. The molecule has 5 rings (SSSR count). The molecule has 0 bridgehead atoms. The number of amides is 4. The number of fused-ring (bicyclic) bond motifs is 2. The van der Waals surface area contributed by atoms with Crippen molar-refractivity contribution in [2.45, 2.75) is 62.6 Å². The van der Waals surface area contributed by atoms with Gasteiger partial charge in [0.15, 0.2) is 0 Å². The number of hydrogen-bond donors (Lipinski definition) is 4. The average molecular weight is 615 g/mol. The quantitative estimate of drug-likeness (QED) is 0.227. The van der Waals surface area contributed by atoms with Gasteiger partial charge in [0.1, 0.15) is 17.8 Å². The third-order valence-corrected chi connectivity index (χ3v) is 8.84. The van der Waals surface area contributed by atoms with Crippen molar-refractivity contribution in [1.82, 2.24) is 20.9 Å². The highest BCUT2D eigenvalue weighted by Gasteiger charge is 2.44. The van der Waals surface area contributed by atoms with E-state index in [0.29, 0.717) is 42.6 Å². The fraction of sp³-hybridized carbons (Fsp3) is 0.382. The van der Waals surface area contributed by atoms with Crippen LogP contribution in [0.1, 0.15) is 64.8 Å². The second-order valence-corrected chi connectivity index (χ2v) is 11.7. The number of carbonyl (C=O) groups excluding carboxylic acids is 4. The first-order valence-electron chi connectivity index (χ1n) is 15.2. The molecule has 1 aliphatic heterocycles. The molecule has 4 N–H and O–H groups in total. The Morgan fingerprint density at radius 3 is 2.04 bits per heavy atom. The smallest absolute Gasteiger partial charge is 0.320 e. The summed E-state index contributed by atoms with van der Waals surface area (Å²) in [6.45, 7) is -0.136. The second kappa shape index (κ2) is 13.5. The van der Waals surface area contributed by atoms with Gasteiger partial charge in [0.25, 0.3) is 11.8 Å². The van der Waals surface area contributed by atoms with Gasteiger partial charge in [-0.3, -0.25) is 34.2 Å². The van der Waals surface area contributed by atoms with Crippen LogP contribution in [0.25, 0.3) is 10.8 Å². The molecule has 3 aromatic carbocycles. The van der Waals surface area contributed by atoms with E-state index in [1.807, 2.05) is 36.4 Å². The van der Waals surface area contributed by atoms with Crippen LogP contribution in [0.15, 0.2) is 60.7 Å². The van der Waals surface area contributed by atoms with E-state index in [2.05, 4.69) is 16.0 Å². The Kier molecular flexibility index (Phi) is 9.48. The standard InChI is InChI=1S/C34H38N4O7/c1-35-29(39)28(18-21-10-12-24(45-2)13-11-21)36-33(44)34(15-6-3-7-16-34)37-27(32(42)43)14-17-38-30(40)25-19-22-8-4-5-9-23(22)20-26(25)31(38)41/h4-5,8-13,19-20,27-28,37H,3,6-7,14-18H2,1-2H3,(H,35,39)(H,36,44)(H,42,43). The van der Waals surface area contributed by atoms with Crippen LogP contribution in [0, 0.1) is 0 Å². The van der Waals surface area contributed by atoms with Crippen LogP contribution in [0.5, 0.6) is 5.75 Å². The highest BCUT2D eigenvalue weighted by molar-refractivity contribution is 6.23. The zero-order chi connectivity index (χ0) is 32.1. The van der Waals surface area contributed by atoms with E-state index < -0.39 is 41.3 Å². The van der Waals surface area contributed by atoms with Crippen LogP contribution in [-0.2, 0) is 20.8 Å². The van der Waals surface area contributed by atoms with Crippen LogP contribution in [-0.4, -0.2) is 77.9 Å². The first-order valence-corrected chi connectivity index (χ1v) is 15.2. The Bertz CT molecular complexity index is 1560. The molecule has 0 radical (unpaired) electrons. The maximum absolute atomic E-state index is 13.9. The molecule has 0 aromatic heterocycles. The highest BCUT2D eigenvalue weighted by atomic mass is 16.5. The monoisotopic (exact) mass is 614 g/mol. The number of nitrogens with zero attached hydrogens (tertiary/aromatic N) is 1. The van der Waals surface area contributed by atoms with Gasteiger partial charge >= 0.3 is 5.97 Å². The third-order valence-electron chi connectivity index (χ3n) is 8.84. The number of hydrogen-bond acceptors (Lipinski definition) is 7. The highest BCUT2D eigenvalue weighted by Crippen LogP contribution is 2.31. The number of rotatable bonds is 12. The van der Waals surface area contributed by atoms with Crippen molar-refractivity contribution in [2.75, 3.05) is 20.7 Å². The minimum absolute atomic E-state index is 0.0971. The molecule has 2 aliphatic rings. The molecule has 1 aliphatic carbocycles. The average Bonchev–Trinajstić information content (AvgIpc) is 3.29. The van der Waals surface area contributed by atoms with Crippen LogP contribution in [0.2, 0.25) is 0 Å². The molecular formula is C34H38N4O7. The van der Waals surface area contributed by atoms with Crippen LogP contribution in [0.3, 0.4) is 0 Å². The maximum Gasteiger partial charge on any atom is 0.320 e. The molecule has 1 fully saturated rings. The Hall–Kier alpha value is -4.77. The van der Waals surface area contributed by atoms with Gasteiger partial charge in [-0.1, -0.05) is 55.7 Å². The topological polar surface area (TPSA) is 154 Å². The van der Waals surface area contributed by atoms with Crippen molar-refractivity contribution in [2.24, 2.45) is 0 Å². The summed E-state index contributed by atoms with van der Waals surface area (Å²) in [6.07, 6.45) is 3.17. The van der Waals surface area contributed by atoms with E-state index in [1.165, 1.54) is 7.05 Å². The summed E-state index contributed by atoms with van der Waals surface area (Å²) in [4.78, 5) is 66.8. The van der Waals surface area contributed by atoms with Gasteiger partial charge in [0.2, 0.25) is 11.8 Å². The lowest BCUT2D eigenvalue weighted by molar-refractivity contribution is -0.142. The van der Waals surface area contributed by atoms with E-state index >= 15 is 0 Å². The van der Waals surface area contributed by atoms with E-state index in [9.17, 15) is 29.1 Å². The fourth-order valence-electron chi connectivity index (χ4n) is 6.30. The number of imide groups is 1. The van der Waals surface area contributed by atoms with Crippen molar-refractivity contribution in [3.8, 4) is 5.75 Å². The Balaban J connectivity index is 1.31. The molecule has 0 spiro atoms. The van der Waals surface area contributed by atoms with Crippen LogP contribution >= 0.6 is 0 Å². The summed E-state index contributed by atoms with van der Waals surface area (Å²) in [5, 5.41) is 20.4. The molecule has 2 unspecified atom stereocenters. The van der Waals surface area contributed by atoms with E-state index in [4.69, 9.17) is 4.74 Å². The van der Waals surface area contributed by atoms with Gasteiger partial charge < -0.3 is 20.5 Å². The van der Waals surface area contributed by atoms with Crippen molar-refractivity contribution in [3.63, 3.8) is 0 Å². The lowest BCUT2D eigenvalue weighted by atomic mass is 9.79. The number of nitrogens with one attached hydrogen (secondary N) is 3. The molecule has 4 amide bonds. The number of aliphatic carboxylic acids is 1. The fourth-order valence-corrected chi connectivity index (χ4v) is 6.30. The molecule has 3 aromatic rings. The Morgan fingerprint density at radius 2 is 1.51 bits per heavy atom.